The number of ether oxygens (including phenoxy) is 1. The van der Waals surface area contributed by atoms with Gasteiger partial charge in [-0.3, -0.25) is 9.59 Å². The number of carboxylic acids is 1. The average Bonchev–Trinajstić information content (AvgIpc) is 2.31. The summed E-state index contributed by atoms with van der Waals surface area (Å²) in [5, 5.41) is 9.42. The van der Waals surface area contributed by atoms with Gasteiger partial charge in [0.25, 0.3) is 5.91 Å². The first-order chi connectivity index (χ1) is 8.89. The zero-order valence-electron chi connectivity index (χ0n) is 10.4. The fraction of sp³-hybridized carbons (Fsp3) is 0.385. The van der Waals surface area contributed by atoms with Crippen molar-refractivity contribution in [1.29, 1.82) is 0 Å². The van der Waals surface area contributed by atoms with Crippen molar-refractivity contribution in [2.75, 3.05) is 18.1 Å². The van der Waals surface area contributed by atoms with Gasteiger partial charge in [0, 0.05) is 10.7 Å². The van der Waals surface area contributed by atoms with E-state index < -0.39 is 11.6 Å². The number of aliphatic carboxylic acids is 1. The van der Waals surface area contributed by atoms with Crippen molar-refractivity contribution >= 4 is 29.2 Å². The zero-order valence-corrected chi connectivity index (χ0v) is 11.2. The SMILES string of the molecule is CC1(CC(=O)O)CN(c2cccc(Cl)c2)C(=O)CO1. The Labute approximate surface area is 115 Å². The minimum absolute atomic E-state index is 0.129. The number of nitrogens with zero attached hydrogens (tertiary/aromatic N) is 1. The van der Waals surface area contributed by atoms with Gasteiger partial charge in [0.15, 0.2) is 0 Å². The molecule has 102 valence electrons. The molecule has 5 nitrogen and oxygen atoms in total. The van der Waals surface area contributed by atoms with Gasteiger partial charge in [0.05, 0.1) is 18.6 Å². The second kappa shape index (κ2) is 5.19. The molecule has 1 saturated heterocycles. The third-order valence-corrected chi connectivity index (χ3v) is 3.22. The lowest BCUT2D eigenvalue weighted by Gasteiger charge is -2.39. The van der Waals surface area contributed by atoms with Crippen molar-refractivity contribution in [3.63, 3.8) is 0 Å². The van der Waals surface area contributed by atoms with Crippen LogP contribution in [0.1, 0.15) is 13.3 Å². The summed E-state index contributed by atoms with van der Waals surface area (Å²) in [6.07, 6.45) is -0.155. The van der Waals surface area contributed by atoms with Crippen molar-refractivity contribution in [1.82, 2.24) is 0 Å². The summed E-state index contributed by atoms with van der Waals surface area (Å²) >= 11 is 5.90. The van der Waals surface area contributed by atoms with Crippen molar-refractivity contribution in [3.05, 3.63) is 29.3 Å². The third kappa shape index (κ3) is 3.24. The molecule has 1 unspecified atom stereocenters. The van der Waals surface area contributed by atoms with Crippen LogP contribution in [-0.2, 0) is 14.3 Å². The van der Waals surface area contributed by atoms with E-state index in [2.05, 4.69) is 0 Å². The maximum atomic E-state index is 11.9. The van der Waals surface area contributed by atoms with E-state index in [0.29, 0.717) is 10.7 Å². The second-order valence-corrected chi connectivity index (χ2v) is 5.21. The predicted molar refractivity (Wildman–Crippen MR) is 70.4 cm³/mol. The quantitative estimate of drug-likeness (QED) is 0.920. The lowest BCUT2D eigenvalue weighted by molar-refractivity contribution is -0.151. The Hall–Kier alpha value is -1.59. The number of benzene rings is 1. The van der Waals surface area contributed by atoms with Crippen LogP contribution in [0.25, 0.3) is 0 Å². The summed E-state index contributed by atoms with van der Waals surface area (Å²) in [6, 6.07) is 6.89. The molecular formula is C13H14ClNO4. The average molecular weight is 284 g/mol. The maximum Gasteiger partial charge on any atom is 0.306 e. The van der Waals surface area contributed by atoms with Gasteiger partial charge in [-0.1, -0.05) is 17.7 Å². The van der Waals surface area contributed by atoms with Crippen molar-refractivity contribution in [2.45, 2.75) is 18.9 Å². The standard InChI is InChI=1S/C13H14ClNO4/c1-13(6-12(17)18)8-15(11(16)7-19-13)10-4-2-3-9(14)5-10/h2-5H,6-8H2,1H3,(H,17,18). The van der Waals surface area contributed by atoms with Crippen molar-refractivity contribution < 1.29 is 19.4 Å². The van der Waals surface area contributed by atoms with Gasteiger partial charge in [-0.05, 0) is 25.1 Å². The van der Waals surface area contributed by atoms with Crippen LogP contribution in [0, 0.1) is 0 Å². The van der Waals surface area contributed by atoms with Gasteiger partial charge in [0.1, 0.15) is 6.61 Å². The van der Waals surface area contributed by atoms with E-state index in [1.165, 1.54) is 4.90 Å². The summed E-state index contributed by atoms with van der Waals surface area (Å²) in [6.45, 7) is 1.75. The molecule has 19 heavy (non-hydrogen) atoms. The molecule has 0 spiro atoms. The topological polar surface area (TPSA) is 66.8 Å². The Morgan fingerprint density at radius 2 is 2.32 bits per heavy atom. The van der Waals surface area contributed by atoms with Gasteiger partial charge < -0.3 is 14.7 Å². The summed E-state index contributed by atoms with van der Waals surface area (Å²) in [4.78, 5) is 24.2. The van der Waals surface area contributed by atoms with E-state index in [0.717, 1.165) is 0 Å². The van der Waals surface area contributed by atoms with Crippen LogP contribution >= 0.6 is 11.6 Å². The molecule has 1 atom stereocenters. The number of rotatable bonds is 3. The number of morpholine rings is 1. The van der Waals surface area contributed by atoms with Crippen LogP contribution in [0.3, 0.4) is 0 Å². The molecular weight excluding hydrogens is 270 g/mol. The highest BCUT2D eigenvalue weighted by Gasteiger charge is 2.38. The molecule has 1 aromatic rings. The van der Waals surface area contributed by atoms with E-state index in [1.807, 2.05) is 0 Å². The molecule has 1 fully saturated rings. The smallest absolute Gasteiger partial charge is 0.306 e. The molecule has 0 aromatic heterocycles. The highest BCUT2D eigenvalue weighted by atomic mass is 35.5. The van der Waals surface area contributed by atoms with Crippen LogP contribution in [0.5, 0.6) is 0 Å². The second-order valence-electron chi connectivity index (χ2n) is 4.77. The monoisotopic (exact) mass is 283 g/mol. The molecule has 1 amide bonds. The molecule has 1 aliphatic heterocycles. The number of hydrogen-bond donors (Lipinski definition) is 1. The molecule has 0 radical (unpaired) electrons. The summed E-state index contributed by atoms with van der Waals surface area (Å²) in [5.74, 6) is -1.16. The van der Waals surface area contributed by atoms with Gasteiger partial charge in [-0.25, -0.2) is 0 Å². The first-order valence-corrected chi connectivity index (χ1v) is 6.19. The Morgan fingerprint density at radius 1 is 1.58 bits per heavy atom. The normalized spacial score (nSPS) is 23.5. The molecule has 0 bridgehead atoms. The molecule has 2 rings (SSSR count). The molecule has 6 heteroatoms. The molecule has 1 heterocycles. The Kier molecular flexibility index (Phi) is 3.78. The zero-order chi connectivity index (χ0) is 14.0. The number of carboxylic acid groups (broad SMARTS) is 1. The molecule has 1 aliphatic rings. The van der Waals surface area contributed by atoms with Crippen LogP contribution in [0.15, 0.2) is 24.3 Å². The fourth-order valence-electron chi connectivity index (χ4n) is 2.09. The molecule has 1 N–H and O–H groups in total. The number of anilines is 1. The summed E-state index contributed by atoms with van der Waals surface area (Å²) in [7, 11) is 0. The summed E-state index contributed by atoms with van der Waals surface area (Å²) in [5.41, 5.74) is -0.236. The number of halogens is 1. The minimum Gasteiger partial charge on any atom is -0.481 e. The van der Waals surface area contributed by atoms with E-state index in [4.69, 9.17) is 21.4 Å². The van der Waals surface area contributed by atoms with Gasteiger partial charge in [-0.15, -0.1) is 0 Å². The van der Waals surface area contributed by atoms with Crippen molar-refractivity contribution in [3.8, 4) is 0 Å². The van der Waals surface area contributed by atoms with Crippen LogP contribution in [0.2, 0.25) is 5.02 Å². The lowest BCUT2D eigenvalue weighted by atomic mass is 9.99. The highest BCUT2D eigenvalue weighted by Crippen LogP contribution is 2.28. The first-order valence-electron chi connectivity index (χ1n) is 5.81. The predicted octanol–water partition coefficient (Wildman–Crippen LogP) is 1.94. The first kappa shape index (κ1) is 13.8. The van der Waals surface area contributed by atoms with E-state index in [-0.39, 0.29) is 25.5 Å². The fourth-order valence-corrected chi connectivity index (χ4v) is 2.27. The Bertz CT molecular complexity index is 519. The summed E-state index contributed by atoms with van der Waals surface area (Å²) < 4.78 is 5.37. The third-order valence-electron chi connectivity index (χ3n) is 2.98. The molecule has 0 saturated carbocycles. The molecule has 1 aromatic carbocycles. The number of carbonyl (C=O) groups is 2. The Morgan fingerprint density at radius 3 is 2.95 bits per heavy atom. The van der Waals surface area contributed by atoms with Gasteiger partial charge in [-0.2, -0.15) is 0 Å². The van der Waals surface area contributed by atoms with E-state index >= 15 is 0 Å². The number of carbonyl (C=O) groups excluding carboxylic acids is 1. The number of hydrogen-bond acceptors (Lipinski definition) is 3. The van der Waals surface area contributed by atoms with Gasteiger partial charge >= 0.3 is 5.97 Å². The molecule has 0 aliphatic carbocycles. The van der Waals surface area contributed by atoms with E-state index in [1.54, 1.807) is 31.2 Å². The minimum atomic E-state index is -0.956. The highest BCUT2D eigenvalue weighted by molar-refractivity contribution is 6.30. The van der Waals surface area contributed by atoms with E-state index in [9.17, 15) is 9.59 Å². The van der Waals surface area contributed by atoms with Gasteiger partial charge in [0.2, 0.25) is 0 Å². The van der Waals surface area contributed by atoms with Crippen LogP contribution in [-0.4, -0.2) is 35.7 Å². The van der Waals surface area contributed by atoms with Crippen LogP contribution < -0.4 is 4.90 Å². The lowest BCUT2D eigenvalue weighted by Crippen LogP contribution is -2.54. The number of amides is 1. The van der Waals surface area contributed by atoms with Crippen molar-refractivity contribution in [2.24, 2.45) is 0 Å². The Balaban J connectivity index is 2.24. The maximum absolute atomic E-state index is 11.9. The largest absolute Gasteiger partial charge is 0.481 e. The van der Waals surface area contributed by atoms with Crippen LogP contribution in [0.4, 0.5) is 5.69 Å².